The lowest BCUT2D eigenvalue weighted by molar-refractivity contribution is -0.138. The minimum absolute atomic E-state index is 0.0603. The summed E-state index contributed by atoms with van der Waals surface area (Å²) < 4.78 is 18.6. The quantitative estimate of drug-likeness (QED) is 0.754. The number of benzene rings is 1. The molecule has 0 unspecified atom stereocenters. The van der Waals surface area contributed by atoms with Crippen molar-refractivity contribution in [1.82, 2.24) is 4.90 Å². The Morgan fingerprint density at radius 2 is 2.00 bits per heavy atom. The smallest absolute Gasteiger partial charge is 0.323 e. The standard InChI is InChI=1S/C12H13FN2O5/c1-20-8-4-2-3-7(13)11(8)12(19)15(5-9(14)16)6-10(17)18/h2-4H,5-6H2,1H3,(H2,14,16)(H,17,18). The number of carbonyl (C=O) groups is 3. The Kier molecular flexibility index (Phi) is 5.01. The van der Waals surface area contributed by atoms with Gasteiger partial charge in [0, 0.05) is 0 Å². The Bertz CT molecular complexity index is 531. The second-order valence-electron chi connectivity index (χ2n) is 3.84. The highest BCUT2D eigenvalue weighted by atomic mass is 19.1. The molecule has 0 aliphatic rings. The molecule has 0 heterocycles. The highest BCUT2D eigenvalue weighted by Crippen LogP contribution is 2.22. The molecular formula is C12H13FN2O5. The summed E-state index contributed by atoms with van der Waals surface area (Å²) in [5, 5.41) is 8.72. The molecule has 0 bridgehead atoms. The summed E-state index contributed by atoms with van der Waals surface area (Å²) in [4.78, 5) is 34.4. The average Bonchev–Trinajstić information content (AvgIpc) is 2.35. The fourth-order valence-electron chi connectivity index (χ4n) is 1.59. The Labute approximate surface area is 113 Å². The Morgan fingerprint density at radius 3 is 2.50 bits per heavy atom. The van der Waals surface area contributed by atoms with Gasteiger partial charge in [-0.3, -0.25) is 14.4 Å². The number of nitrogens with two attached hydrogens (primary N) is 1. The van der Waals surface area contributed by atoms with Gasteiger partial charge in [-0.15, -0.1) is 0 Å². The first-order chi connectivity index (χ1) is 9.36. The van der Waals surface area contributed by atoms with E-state index in [0.29, 0.717) is 4.90 Å². The zero-order chi connectivity index (χ0) is 15.3. The molecule has 0 atom stereocenters. The molecule has 1 aromatic rings. The van der Waals surface area contributed by atoms with Crippen molar-refractivity contribution in [2.75, 3.05) is 20.2 Å². The lowest BCUT2D eigenvalue weighted by atomic mass is 10.1. The summed E-state index contributed by atoms with van der Waals surface area (Å²) in [7, 11) is 1.24. The van der Waals surface area contributed by atoms with E-state index in [2.05, 4.69) is 0 Å². The molecule has 8 heteroatoms. The number of amides is 2. The largest absolute Gasteiger partial charge is 0.496 e. The maximum Gasteiger partial charge on any atom is 0.323 e. The number of rotatable bonds is 6. The summed E-state index contributed by atoms with van der Waals surface area (Å²) >= 11 is 0. The first-order valence-electron chi connectivity index (χ1n) is 5.48. The van der Waals surface area contributed by atoms with Gasteiger partial charge in [0.05, 0.1) is 7.11 Å². The number of carbonyl (C=O) groups excluding carboxylic acids is 2. The highest BCUT2D eigenvalue weighted by Gasteiger charge is 2.26. The van der Waals surface area contributed by atoms with Gasteiger partial charge in [-0.25, -0.2) is 4.39 Å². The number of hydrogen-bond donors (Lipinski definition) is 2. The van der Waals surface area contributed by atoms with Crippen LogP contribution in [-0.2, 0) is 9.59 Å². The Hall–Kier alpha value is -2.64. The normalized spacial score (nSPS) is 9.90. The molecule has 0 aliphatic heterocycles. The molecule has 3 N–H and O–H groups in total. The van der Waals surface area contributed by atoms with E-state index in [1.165, 1.54) is 19.2 Å². The molecule has 0 aliphatic carbocycles. The molecule has 1 aromatic carbocycles. The number of methoxy groups -OCH3 is 1. The van der Waals surface area contributed by atoms with Crippen molar-refractivity contribution < 1.29 is 28.6 Å². The van der Waals surface area contributed by atoms with Crippen LogP contribution in [0.2, 0.25) is 0 Å². The molecule has 0 saturated heterocycles. The summed E-state index contributed by atoms with van der Waals surface area (Å²) in [5.41, 5.74) is 4.50. The van der Waals surface area contributed by atoms with Crippen LogP contribution in [0.5, 0.6) is 5.75 Å². The molecule has 0 aromatic heterocycles. The number of hydrogen-bond acceptors (Lipinski definition) is 4. The average molecular weight is 284 g/mol. The summed E-state index contributed by atoms with van der Waals surface area (Å²) in [5.74, 6) is -4.19. The van der Waals surface area contributed by atoms with Crippen molar-refractivity contribution in [2.45, 2.75) is 0 Å². The Balaban J connectivity index is 3.17. The molecule has 7 nitrogen and oxygen atoms in total. The van der Waals surface area contributed by atoms with E-state index in [1.54, 1.807) is 0 Å². The molecule has 0 radical (unpaired) electrons. The van der Waals surface area contributed by atoms with Crippen LogP contribution in [0.15, 0.2) is 18.2 Å². The van der Waals surface area contributed by atoms with Gasteiger partial charge in [0.15, 0.2) is 0 Å². The summed E-state index contributed by atoms with van der Waals surface area (Å²) in [6, 6.07) is 3.71. The molecule has 1 rings (SSSR count). The van der Waals surface area contributed by atoms with Crippen LogP contribution in [-0.4, -0.2) is 48.0 Å². The monoisotopic (exact) mass is 284 g/mol. The molecule has 2 amide bonds. The van der Waals surface area contributed by atoms with E-state index >= 15 is 0 Å². The van der Waals surface area contributed by atoms with Crippen LogP contribution in [0, 0.1) is 5.82 Å². The Morgan fingerprint density at radius 1 is 1.35 bits per heavy atom. The highest BCUT2D eigenvalue weighted by molar-refractivity contribution is 6.00. The van der Waals surface area contributed by atoms with E-state index in [4.69, 9.17) is 15.6 Å². The number of ether oxygens (including phenoxy) is 1. The maximum absolute atomic E-state index is 13.7. The van der Waals surface area contributed by atoms with Gasteiger partial charge >= 0.3 is 5.97 Å². The predicted molar refractivity (Wildman–Crippen MR) is 65.7 cm³/mol. The third kappa shape index (κ3) is 3.67. The van der Waals surface area contributed by atoms with Crippen LogP contribution in [0.3, 0.4) is 0 Å². The van der Waals surface area contributed by atoms with Crippen molar-refractivity contribution >= 4 is 17.8 Å². The second-order valence-corrected chi connectivity index (χ2v) is 3.84. The lowest BCUT2D eigenvalue weighted by Crippen LogP contribution is -2.42. The number of halogens is 1. The van der Waals surface area contributed by atoms with Crippen LogP contribution < -0.4 is 10.5 Å². The van der Waals surface area contributed by atoms with Gasteiger partial charge in [-0.2, -0.15) is 0 Å². The lowest BCUT2D eigenvalue weighted by Gasteiger charge is -2.20. The van der Waals surface area contributed by atoms with Gasteiger partial charge in [0.1, 0.15) is 30.2 Å². The van der Waals surface area contributed by atoms with Crippen LogP contribution >= 0.6 is 0 Å². The minimum atomic E-state index is -1.35. The van der Waals surface area contributed by atoms with E-state index in [0.717, 1.165) is 6.07 Å². The molecule has 108 valence electrons. The summed E-state index contributed by atoms with van der Waals surface area (Å²) in [6.07, 6.45) is 0. The van der Waals surface area contributed by atoms with Gasteiger partial charge in [0.2, 0.25) is 5.91 Å². The van der Waals surface area contributed by atoms with Crippen LogP contribution in [0.25, 0.3) is 0 Å². The third-order valence-electron chi connectivity index (χ3n) is 2.37. The SMILES string of the molecule is COc1cccc(F)c1C(=O)N(CC(N)=O)CC(=O)O. The van der Waals surface area contributed by atoms with Crippen LogP contribution in [0.1, 0.15) is 10.4 Å². The van der Waals surface area contributed by atoms with Gasteiger partial charge in [0.25, 0.3) is 5.91 Å². The molecule has 0 saturated carbocycles. The van der Waals surface area contributed by atoms with Gasteiger partial charge in [-0.1, -0.05) is 6.07 Å². The van der Waals surface area contributed by atoms with Crippen LogP contribution in [0.4, 0.5) is 4.39 Å². The number of carboxylic acid groups (broad SMARTS) is 1. The van der Waals surface area contributed by atoms with Crippen molar-refractivity contribution in [3.05, 3.63) is 29.6 Å². The van der Waals surface area contributed by atoms with Gasteiger partial charge in [-0.05, 0) is 12.1 Å². The third-order valence-corrected chi connectivity index (χ3v) is 2.37. The zero-order valence-electron chi connectivity index (χ0n) is 10.6. The molecule has 0 fully saturated rings. The fourth-order valence-corrected chi connectivity index (χ4v) is 1.59. The maximum atomic E-state index is 13.7. The molecular weight excluding hydrogens is 271 g/mol. The zero-order valence-corrected chi connectivity index (χ0v) is 10.6. The van der Waals surface area contributed by atoms with E-state index < -0.39 is 42.3 Å². The van der Waals surface area contributed by atoms with E-state index in [-0.39, 0.29) is 5.75 Å². The van der Waals surface area contributed by atoms with E-state index in [9.17, 15) is 18.8 Å². The minimum Gasteiger partial charge on any atom is -0.496 e. The summed E-state index contributed by atoms with van der Waals surface area (Å²) in [6.45, 7) is -1.41. The fraction of sp³-hybridized carbons (Fsp3) is 0.250. The first kappa shape index (κ1) is 15.4. The van der Waals surface area contributed by atoms with Crippen molar-refractivity contribution in [3.8, 4) is 5.75 Å². The van der Waals surface area contributed by atoms with Crippen molar-refractivity contribution in [1.29, 1.82) is 0 Å². The predicted octanol–water partition coefficient (Wildman–Crippen LogP) is -0.154. The van der Waals surface area contributed by atoms with E-state index in [1.807, 2.05) is 0 Å². The topological polar surface area (TPSA) is 110 Å². The molecule has 0 spiro atoms. The number of aliphatic carboxylic acids is 1. The van der Waals surface area contributed by atoms with Crippen molar-refractivity contribution in [3.63, 3.8) is 0 Å². The number of primary amides is 1. The second kappa shape index (κ2) is 6.50. The first-order valence-corrected chi connectivity index (χ1v) is 5.48. The molecule has 20 heavy (non-hydrogen) atoms. The van der Waals surface area contributed by atoms with Crippen molar-refractivity contribution in [2.24, 2.45) is 5.73 Å². The van der Waals surface area contributed by atoms with Gasteiger partial charge < -0.3 is 20.5 Å². The number of nitrogens with zero attached hydrogens (tertiary/aromatic N) is 1. The number of carboxylic acids is 1.